The van der Waals surface area contributed by atoms with Gasteiger partial charge < -0.3 is 25.2 Å². The number of Topliss-reactive ketones (excluding diaryl/α,β-unsaturated/α-hetero) is 1. The molecule has 1 aromatic rings. The maximum atomic E-state index is 11.5. The van der Waals surface area contributed by atoms with Gasteiger partial charge in [0.25, 0.3) is 0 Å². The molecule has 0 spiro atoms. The lowest BCUT2D eigenvalue weighted by molar-refractivity contribution is -0.152. The molecule has 0 heterocycles. The summed E-state index contributed by atoms with van der Waals surface area (Å²) in [6.07, 6.45) is -4.48. The van der Waals surface area contributed by atoms with Crippen molar-refractivity contribution in [2.45, 2.75) is 24.9 Å². The molecule has 0 bridgehead atoms. The third kappa shape index (κ3) is 4.70. The zero-order chi connectivity index (χ0) is 14.3. The van der Waals surface area contributed by atoms with Crippen molar-refractivity contribution in [2.24, 2.45) is 0 Å². The van der Waals surface area contributed by atoms with Gasteiger partial charge in [0, 0.05) is 0 Å². The second-order valence-electron chi connectivity index (χ2n) is 4.08. The molecular formula is C13H18O6. The molecule has 19 heavy (non-hydrogen) atoms. The highest BCUT2D eigenvalue weighted by Crippen LogP contribution is 2.10. The van der Waals surface area contributed by atoms with Crippen molar-refractivity contribution in [3.63, 3.8) is 0 Å². The van der Waals surface area contributed by atoms with Crippen molar-refractivity contribution in [2.75, 3.05) is 13.2 Å². The summed E-state index contributed by atoms with van der Waals surface area (Å²) in [5, 5.41) is 36.6. The van der Waals surface area contributed by atoms with Crippen molar-refractivity contribution < 1.29 is 30.0 Å². The summed E-state index contributed by atoms with van der Waals surface area (Å²) < 4.78 is 5.23. The number of aliphatic hydroxyl groups is 4. The van der Waals surface area contributed by atoms with E-state index in [4.69, 9.17) is 14.9 Å². The molecule has 6 nitrogen and oxygen atoms in total. The first-order chi connectivity index (χ1) is 9.10. The molecule has 0 aromatic heterocycles. The first-order valence-corrected chi connectivity index (χ1v) is 5.86. The lowest BCUT2D eigenvalue weighted by Crippen LogP contribution is -2.46. The van der Waals surface area contributed by atoms with Crippen LogP contribution in [-0.4, -0.2) is 57.7 Å². The Labute approximate surface area is 110 Å². The topological polar surface area (TPSA) is 107 Å². The van der Waals surface area contributed by atoms with Crippen LogP contribution in [0, 0.1) is 0 Å². The van der Waals surface area contributed by atoms with E-state index in [1.54, 1.807) is 24.3 Å². The highest BCUT2D eigenvalue weighted by Gasteiger charge is 2.32. The molecule has 1 aromatic carbocycles. The predicted molar refractivity (Wildman–Crippen MR) is 66.2 cm³/mol. The number of hydrogen-bond donors (Lipinski definition) is 4. The Hall–Kier alpha value is -1.31. The summed E-state index contributed by atoms with van der Waals surface area (Å²) in [6.45, 7) is -1.47. The summed E-state index contributed by atoms with van der Waals surface area (Å²) >= 11 is 0. The summed E-state index contributed by atoms with van der Waals surface area (Å²) in [7, 11) is 0. The molecule has 1 rings (SSSR count). The second kappa shape index (κ2) is 7.98. The maximum absolute atomic E-state index is 11.5. The van der Waals surface area contributed by atoms with Gasteiger partial charge in [-0.1, -0.05) is 30.3 Å². The van der Waals surface area contributed by atoms with Crippen LogP contribution in [0.25, 0.3) is 0 Å². The number of ketones is 1. The van der Waals surface area contributed by atoms with Crippen molar-refractivity contribution >= 4 is 5.78 Å². The van der Waals surface area contributed by atoms with E-state index in [0.717, 1.165) is 5.56 Å². The number of rotatable bonds is 8. The molecule has 0 saturated heterocycles. The van der Waals surface area contributed by atoms with Crippen LogP contribution < -0.4 is 0 Å². The minimum Gasteiger partial charge on any atom is -0.394 e. The molecule has 6 heteroatoms. The normalized spacial score (nSPS) is 15.8. The number of benzene rings is 1. The molecule has 0 aliphatic heterocycles. The lowest BCUT2D eigenvalue weighted by atomic mass is 10.1. The van der Waals surface area contributed by atoms with Gasteiger partial charge in [-0.05, 0) is 5.56 Å². The molecule has 0 aliphatic rings. The summed E-state index contributed by atoms with van der Waals surface area (Å²) in [4.78, 5) is 11.5. The fourth-order valence-corrected chi connectivity index (χ4v) is 1.54. The van der Waals surface area contributed by atoms with Crippen LogP contribution in [0.3, 0.4) is 0 Å². The Morgan fingerprint density at radius 3 is 2.32 bits per heavy atom. The van der Waals surface area contributed by atoms with Crippen LogP contribution >= 0.6 is 0 Å². The minimum atomic E-state index is -1.59. The van der Waals surface area contributed by atoms with Crippen LogP contribution in [0.5, 0.6) is 0 Å². The van der Waals surface area contributed by atoms with Crippen molar-refractivity contribution in [3.8, 4) is 0 Å². The number of carbonyl (C=O) groups excluding carboxylic acids is 1. The Bertz CT molecular complexity index is 380. The molecule has 0 unspecified atom stereocenters. The molecule has 4 N–H and O–H groups in total. The Morgan fingerprint density at radius 1 is 1.16 bits per heavy atom. The highest BCUT2D eigenvalue weighted by atomic mass is 16.6. The minimum absolute atomic E-state index is 0.0481. The first-order valence-electron chi connectivity index (χ1n) is 5.86. The second-order valence-corrected chi connectivity index (χ2v) is 4.08. The number of hydrogen-bond acceptors (Lipinski definition) is 6. The summed E-state index contributed by atoms with van der Waals surface area (Å²) in [5.74, 6) is -0.754. The molecule has 0 radical (unpaired) electrons. The molecule has 0 amide bonds. The van der Waals surface area contributed by atoms with Gasteiger partial charge in [-0.3, -0.25) is 4.79 Å². The van der Waals surface area contributed by atoms with Gasteiger partial charge in [0.1, 0.15) is 24.9 Å². The van der Waals surface area contributed by atoms with E-state index in [9.17, 15) is 15.0 Å². The van der Waals surface area contributed by atoms with Crippen LogP contribution in [-0.2, 0) is 16.1 Å². The van der Waals surface area contributed by atoms with Gasteiger partial charge in [-0.25, -0.2) is 0 Å². The Balaban J connectivity index is 2.67. The third-order valence-corrected chi connectivity index (χ3v) is 2.64. The van der Waals surface area contributed by atoms with Gasteiger partial charge in [0.2, 0.25) is 0 Å². The monoisotopic (exact) mass is 276 g/mol. The SMILES string of the molecule is O=C(CO)[C@@H](O[13CH2][13c]1c[13cH][13cH][13cH][13cH]1)[C@H](O)[C@H](O)CO. The predicted octanol–water partition coefficient (Wildman–Crippen LogP) is -1.15. The van der Waals surface area contributed by atoms with Crippen LogP contribution in [0.4, 0.5) is 0 Å². The van der Waals surface area contributed by atoms with Gasteiger partial charge in [0.05, 0.1) is 13.2 Å². The van der Waals surface area contributed by atoms with Crippen molar-refractivity contribution in [3.05, 3.63) is 35.9 Å². The average Bonchev–Trinajstić information content (AvgIpc) is 2.47. The quantitative estimate of drug-likeness (QED) is 0.447. The Kier molecular flexibility index (Phi) is 6.61. The summed E-state index contributed by atoms with van der Waals surface area (Å²) in [5.41, 5.74) is 0.781. The maximum Gasteiger partial charge on any atom is 0.189 e. The molecule has 106 valence electrons. The molecule has 0 saturated carbocycles. The van der Waals surface area contributed by atoms with E-state index in [-0.39, 0.29) is 6.61 Å². The van der Waals surface area contributed by atoms with Crippen LogP contribution in [0.1, 0.15) is 5.56 Å². The van der Waals surface area contributed by atoms with Gasteiger partial charge in [-0.2, -0.15) is 0 Å². The van der Waals surface area contributed by atoms with Gasteiger partial charge >= 0.3 is 0 Å². The van der Waals surface area contributed by atoms with E-state index in [2.05, 4.69) is 0 Å². The van der Waals surface area contributed by atoms with Crippen LogP contribution in [0.15, 0.2) is 30.3 Å². The zero-order valence-electron chi connectivity index (χ0n) is 10.3. The van der Waals surface area contributed by atoms with E-state index in [1.165, 1.54) is 0 Å². The van der Waals surface area contributed by atoms with E-state index in [1.807, 2.05) is 6.07 Å². The zero-order valence-corrected chi connectivity index (χ0v) is 10.3. The number of carbonyl (C=O) groups is 1. The molecule has 0 aliphatic carbocycles. The Morgan fingerprint density at radius 2 is 1.79 bits per heavy atom. The van der Waals surface area contributed by atoms with E-state index < -0.39 is 37.3 Å². The third-order valence-electron chi connectivity index (χ3n) is 2.64. The molecule has 3 atom stereocenters. The highest BCUT2D eigenvalue weighted by molar-refractivity contribution is 5.84. The average molecular weight is 276 g/mol. The molecule has 0 fully saturated rings. The molecular weight excluding hydrogens is 258 g/mol. The fourth-order valence-electron chi connectivity index (χ4n) is 1.54. The van der Waals surface area contributed by atoms with Crippen molar-refractivity contribution in [1.29, 1.82) is 0 Å². The largest absolute Gasteiger partial charge is 0.394 e. The standard InChI is InChI=1S/C13H18O6/c14-6-10(16)12(18)13(11(17)7-15)19-8-9-4-2-1-3-5-9/h1-5,10,12-16,18H,6-8H2/t10-,12-,13-/m1/s1/i1+1,2+1,3+1,4+1,8+1,9+1. The van der Waals surface area contributed by atoms with Gasteiger partial charge in [-0.15, -0.1) is 0 Å². The van der Waals surface area contributed by atoms with Crippen LogP contribution in [0.2, 0.25) is 0 Å². The first kappa shape index (κ1) is 15.7. The smallest absolute Gasteiger partial charge is 0.189 e. The fraction of sp³-hybridized carbons (Fsp3) is 0.462. The van der Waals surface area contributed by atoms with Crippen molar-refractivity contribution in [1.82, 2.24) is 0 Å². The number of aliphatic hydroxyl groups excluding tert-OH is 4. The summed E-state index contributed by atoms with van der Waals surface area (Å²) in [6, 6.07) is 8.95. The van der Waals surface area contributed by atoms with Gasteiger partial charge in [0.15, 0.2) is 5.78 Å². The van der Waals surface area contributed by atoms with E-state index in [0.29, 0.717) is 0 Å². The number of ether oxygens (including phenoxy) is 1. The lowest BCUT2D eigenvalue weighted by Gasteiger charge is -2.24. The van der Waals surface area contributed by atoms with E-state index >= 15 is 0 Å².